The molecule has 0 aliphatic carbocycles. The Kier molecular flexibility index (Phi) is 6.24. The Bertz CT molecular complexity index is 928. The molecule has 2 rings (SSSR count). The van der Waals surface area contributed by atoms with Crippen LogP contribution in [-0.2, 0) is 14.8 Å². The Morgan fingerprint density at radius 1 is 1.38 bits per heavy atom. The number of carbonyl (C=O) groups is 1. The van der Waals surface area contributed by atoms with Crippen LogP contribution >= 0.6 is 15.9 Å². The first-order chi connectivity index (χ1) is 12.2. The van der Waals surface area contributed by atoms with E-state index in [-0.39, 0.29) is 12.2 Å². The Labute approximate surface area is 156 Å². The number of esters is 1. The van der Waals surface area contributed by atoms with Gasteiger partial charge in [0.15, 0.2) is 17.4 Å². The zero-order valence-electron chi connectivity index (χ0n) is 13.4. The van der Waals surface area contributed by atoms with E-state index >= 15 is 0 Å². The number of alkyl halides is 1. The molecule has 0 unspecified atom stereocenters. The lowest BCUT2D eigenvalue weighted by Gasteiger charge is -2.06. The van der Waals surface area contributed by atoms with E-state index in [1.165, 1.54) is 6.07 Å². The summed E-state index contributed by atoms with van der Waals surface area (Å²) in [6, 6.07) is 3.13. The molecule has 1 heterocycles. The van der Waals surface area contributed by atoms with Gasteiger partial charge in [-0.1, -0.05) is 22.0 Å². The van der Waals surface area contributed by atoms with Crippen molar-refractivity contribution in [2.75, 3.05) is 15.8 Å². The van der Waals surface area contributed by atoms with Crippen LogP contribution in [0.15, 0.2) is 22.6 Å². The first kappa shape index (κ1) is 20.2. The van der Waals surface area contributed by atoms with E-state index in [0.717, 1.165) is 19.1 Å². The molecule has 1 aromatic carbocycles. The van der Waals surface area contributed by atoms with Crippen LogP contribution < -0.4 is 9.46 Å². The second kappa shape index (κ2) is 8.04. The molecule has 11 heteroatoms. The molecule has 0 saturated heterocycles. The standard InChI is InChI=1S/C15H14BrF2NO6S/c1-8(20)24-14-12(21)13(9-4-2-5-10(17)11(9)18)25-15(14)19-26(22,23)7-3-6-16/h2,4-5,19,21H,3,6-7H2,1H3. The van der Waals surface area contributed by atoms with Gasteiger partial charge in [-0.15, -0.1) is 0 Å². The third-order valence-corrected chi connectivity index (χ3v) is 4.96. The highest BCUT2D eigenvalue weighted by Crippen LogP contribution is 2.47. The summed E-state index contributed by atoms with van der Waals surface area (Å²) >= 11 is 3.09. The fourth-order valence-electron chi connectivity index (χ4n) is 2.01. The first-order valence-corrected chi connectivity index (χ1v) is 9.98. The molecule has 2 aromatic rings. The molecule has 142 valence electrons. The molecule has 2 N–H and O–H groups in total. The lowest BCUT2D eigenvalue weighted by Crippen LogP contribution is -2.17. The monoisotopic (exact) mass is 453 g/mol. The number of halogens is 3. The number of carbonyl (C=O) groups excluding carboxylic acids is 1. The van der Waals surface area contributed by atoms with Crippen LogP contribution in [-0.4, -0.2) is 30.6 Å². The summed E-state index contributed by atoms with van der Waals surface area (Å²) in [5.74, 6) is -6.38. The van der Waals surface area contributed by atoms with E-state index in [1.807, 2.05) is 4.72 Å². The van der Waals surface area contributed by atoms with Crippen molar-refractivity contribution in [1.82, 2.24) is 0 Å². The SMILES string of the molecule is CC(=O)Oc1c(NS(=O)(=O)CCCBr)oc(-c2cccc(F)c2F)c1O. The molecule has 0 spiro atoms. The first-order valence-electron chi connectivity index (χ1n) is 7.21. The largest absolute Gasteiger partial charge is 0.502 e. The molecule has 0 fully saturated rings. The number of hydrogen-bond acceptors (Lipinski definition) is 6. The van der Waals surface area contributed by atoms with Gasteiger partial charge in [0.2, 0.25) is 21.5 Å². The van der Waals surface area contributed by atoms with E-state index in [2.05, 4.69) is 15.9 Å². The minimum atomic E-state index is -3.90. The van der Waals surface area contributed by atoms with Gasteiger partial charge in [-0.05, 0) is 18.6 Å². The Morgan fingerprint density at radius 3 is 2.69 bits per heavy atom. The summed E-state index contributed by atoms with van der Waals surface area (Å²) in [5, 5.41) is 10.6. The summed E-state index contributed by atoms with van der Waals surface area (Å²) in [6.07, 6.45) is 0.274. The van der Waals surface area contributed by atoms with E-state index in [4.69, 9.17) is 9.15 Å². The van der Waals surface area contributed by atoms with Crippen molar-refractivity contribution in [3.05, 3.63) is 29.8 Å². The van der Waals surface area contributed by atoms with E-state index < -0.39 is 56.3 Å². The number of anilines is 1. The number of aromatic hydroxyl groups is 1. The molecule has 0 radical (unpaired) electrons. The zero-order valence-corrected chi connectivity index (χ0v) is 15.8. The van der Waals surface area contributed by atoms with Crippen molar-refractivity contribution in [3.63, 3.8) is 0 Å². The van der Waals surface area contributed by atoms with Crippen LogP contribution in [0.4, 0.5) is 14.7 Å². The number of nitrogens with one attached hydrogen (secondary N) is 1. The maximum Gasteiger partial charge on any atom is 0.308 e. The van der Waals surface area contributed by atoms with Crippen LogP contribution in [0.2, 0.25) is 0 Å². The van der Waals surface area contributed by atoms with Crippen LogP contribution in [0, 0.1) is 11.6 Å². The smallest absolute Gasteiger partial charge is 0.308 e. The summed E-state index contributed by atoms with van der Waals surface area (Å²) in [6.45, 7) is 1.01. The van der Waals surface area contributed by atoms with Crippen molar-refractivity contribution in [2.45, 2.75) is 13.3 Å². The zero-order chi connectivity index (χ0) is 19.5. The number of rotatable bonds is 7. The lowest BCUT2D eigenvalue weighted by atomic mass is 10.1. The fourth-order valence-corrected chi connectivity index (χ4v) is 3.71. The second-order valence-corrected chi connectivity index (χ2v) is 7.73. The van der Waals surface area contributed by atoms with Crippen molar-refractivity contribution in [2.24, 2.45) is 0 Å². The molecule has 0 bridgehead atoms. The lowest BCUT2D eigenvalue weighted by molar-refractivity contribution is -0.131. The van der Waals surface area contributed by atoms with Gasteiger partial charge in [-0.25, -0.2) is 21.9 Å². The maximum absolute atomic E-state index is 14.0. The van der Waals surface area contributed by atoms with Crippen molar-refractivity contribution in [1.29, 1.82) is 0 Å². The Hall–Kier alpha value is -2.14. The molecule has 26 heavy (non-hydrogen) atoms. The number of ether oxygens (including phenoxy) is 1. The number of hydrogen-bond donors (Lipinski definition) is 2. The van der Waals surface area contributed by atoms with Gasteiger partial charge < -0.3 is 14.3 Å². The molecule has 0 aliphatic rings. The second-order valence-electron chi connectivity index (χ2n) is 5.10. The molecule has 0 amide bonds. The highest BCUT2D eigenvalue weighted by molar-refractivity contribution is 9.09. The molecule has 0 saturated carbocycles. The topological polar surface area (TPSA) is 106 Å². The van der Waals surface area contributed by atoms with Gasteiger partial charge >= 0.3 is 5.97 Å². The number of furan rings is 1. The summed E-state index contributed by atoms with van der Waals surface area (Å²) in [7, 11) is -3.90. The van der Waals surface area contributed by atoms with Crippen LogP contribution in [0.5, 0.6) is 11.5 Å². The predicted molar refractivity (Wildman–Crippen MR) is 92.9 cm³/mol. The van der Waals surface area contributed by atoms with Gasteiger partial charge in [0, 0.05) is 12.3 Å². The van der Waals surface area contributed by atoms with Crippen LogP contribution in [0.25, 0.3) is 11.3 Å². The molecule has 7 nitrogen and oxygen atoms in total. The molecule has 0 aliphatic heterocycles. The van der Waals surface area contributed by atoms with Crippen molar-refractivity contribution >= 4 is 37.8 Å². The van der Waals surface area contributed by atoms with Gasteiger partial charge in [0.1, 0.15) is 0 Å². The van der Waals surface area contributed by atoms with Crippen LogP contribution in [0.3, 0.4) is 0 Å². The van der Waals surface area contributed by atoms with E-state index in [1.54, 1.807) is 0 Å². The average Bonchev–Trinajstić information content (AvgIpc) is 2.84. The van der Waals surface area contributed by atoms with Gasteiger partial charge in [-0.3, -0.25) is 4.79 Å². The Balaban J connectivity index is 2.54. The maximum atomic E-state index is 14.0. The minimum Gasteiger partial charge on any atom is -0.502 e. The van der Waals surface area contributed by atoms with Gasteiger partial charge in [0.05, 0.1) is 11.3 Å². The summed E-state index contributed by atoms with van der Waals surface area (Å²) < 4.78 is 63.4. The van der Waals surface area contributed by atoms with Crippen LogP contribution in [0.1, 0.15) is 13.3 Å². The highest BCUT2D eigenvalue weighted by Gasteiger charge is 2.29. The van der Waals surface area contributed by atoms with Gasteiger partial charge in [-0.2, -0.15) is 0 Å². The molecule has 1 aromatic heterocycles. The van der Waals surface area contributed by atoms with E-state index in [9.17, 15) is 27.1 Å². The Morgan fingerprint density at radius 2 is 2.08 bits per heavy atom. The summed E-state index contributed by atoms with van der Waals surface area (Å²) in [5.41, 5.74) is -0.471. The van der Waals surface area contributed by atoms with Gasteiger partial charge in [0.25, 0.3) is 5.88 Å². The molecular formula is C15H14BrF2NO6S. The predicted octanol–water partition coefficient (Wildman–Crippen LogP) is 3.38. The quantitative estimate of drug-likeness (QED) is 0.491. The van der Waals surface area contributed by atoms with E-state index in [0.29, 0.717) is 5.33 Å². The number of sulfonamides is 1. The molecule has 0 atom stereocenters. The van der Waals surface area contributed by atoms with Crippen molar-refractivity contribution in [3.8, 4) is 22.8 Å². The number of benzene rings is 1. The fraction of sp³-hybridized carbons (Fsp3) is 0.267. The molecular weight excluding hydrogens is 440 g/mol. The third-order valence-electron chi connectivity index (χ3n) is 3.08. The minimum absolute atomic E-state index is 0.274. The van der Waals surface area contributed by atoms with Crippen molar-refractivity contribution < 1.29 is 36.3 Å². The average molecular weight is 454 g/mol. The summed E-state index contributed by atoms with van der Waals surface area (Å²) in [4.78, 5) is 11.2. The highest BCUT2D eigenvalue weighted by atomic mass is 79.9. The normalized spacial score (nSPS) is 11.4. The third kappa shape index (κ3) is 4.52.